The van der Waals surface area contributed by atoms with Gasteiger partial charge in [0.1, 0.15) is 10.9 Å². The average molecular weight is 416 g/mol. The molecule has 0 fully saturated rings. The van der Waals surface area contributed by atoms with Crippen molar-refractivity contribution in [1.29, 1.82) is 5.26 Å². The summed E-state index contributed by atoms with van der Waals surface area (Å²) in [5, 5.41) is 14.7. The highest BCUT2D eigenvalue weighted by molar-refractivity contribution is 14.1. The van der Waals surface area contributed by atoms with Crippen LogP contribution in [0.1, 0.15) is 5.56 Å². The number of fused-ring (bicyclic) bond motifs is 2. The quantitative estimate of drug-likeness (QED) is 0.452. The molecule has 22 heavy (non-hydrogen) atoms. The molecule has 4 aromatic rings. The Kier molecular flexibility index (Phi) is 3.24. The van der Waals surface area contributed by atoms with Gasteiger partial charge < -0.3 is 10.3 Å². The summed E-state index contributed by atoms with van der Waals surface area (Å²) < 4.78 is 1.13. The first-order valence-electron chi connectivity index (χ1n) is 6.57. The molecule has 0 aliphatic rings. The fourth-order valence-corrected chi connectivity index (χ4v) is 4.27. The van der Waals surface area contributed by atoms with Crippen LogP contribution in [0.2, 0.25) is 0 Å². The molecule has 106 valence electrons. The van der Waals surface area contributed by atoms with Gasteiger partial charge >= 0.3 is 0 Å². The number of aromatic nitrogens is 2. The Morgan fingerprint density at radius 2 is 2.18 bits per heavy atom. The van der Waals surface area contributed by atoms with Crippen LogP contribution in [0.4, 0.5) is 11.4 Å². The van der Waals surface area contributed by atoms with Gasteiger partial charge in [-0.1, -0.05) is 0 Å². The minimum Gasteiger partial charge on any atom is -0.361 e. The highest BCUT2D eigenvalue weighted by Crippen LogP contribution is 2.38. The second-order valence-electron chi connectivity index (χ2n) is 4.84. The number of nitrogens with one attached hydrogen (secondary N) is 2. The predicted molar refractivity (Wildman–Crippen MR) is 98.6 cm³/mol. The summed E-state index contributed by atoms with van der Waals surface area (Å²) in [4.78, 5) is 8.49. The zero-order valence-corrected chi connectivity index (χ0v) is 14.2. The van der Waals surface area contributed by atoms with Crippen molar-refractivity contribution >= 4 is 66.4 Å². The van der Waals surface area contributed by atoms with Gasteiger partial charge in [-0.25, -0.2) is 4.98 Å². The number of halogens is 1. The molecule has 3 aromatic heterocycles. The van der Waals surface area contributed by atoms with Crippen LogP contribution < -0.4 is 5.32 Å². The second-order valence-corrected chi connectivity index (χ2v) is 7.65. The topological polar surface area (TPSA) is 64.5 Å². The molecule has 1 aromatic carbocycles. The van der Waals surface area contributed by atoms with Crippen LogP contribution >= 0.6 is 33.9 Å². The number of hydrogen-bond donors (Lipinski definition) is 2. The summed E-state index contributed by atoms with van der Waals surface area (Å²) in [5.74, 6) is 0. The van der Waals surface area contributed by atoms with E-state index in [4.69, 9.17) is 5.26 Å². The zero-order chi connectivity index (χ0) is 15.1. The lowest BCUT2D eigenvalue weighted by molar-refractivity contribution is 1.39. The van der Waals surface area contributed by atoms with Gasteiger partial charge in [0.15, 0.2) is 0 Å². The maximum Gasteiger partial charge on any atom is 0.126 e. The molecule has 0 atom stereocenters. The third kappa shape index (κ3) is 2.23. The number of nitriles is 1. The fraction of sp³-hybridized carbons (Fsp3) is 0. The molecule has 2 N–H and O–H groups in total. The molecule has 0 spiro atoms. The largest absolute Gasteiger partial charge is 0.361 e. The molecule has 0 aliphatic carbocycles. The molecule has 0 saturated heterocycles. The smallest absolute Gasteiger partial charge is 0.126 e. The maximum absolute atomic E-state index is 9.07. The van der Waals surface area contributed by atoms with E-state index in [0.717, 1.165) is 35.4 Å². The lowest BCUT2D eigenvalue weighted by Crippen LogP contribution is -1.91. The SMILES string of the molecule is N#Cc1cnc2sc(I)c(Nc3ccc4[nH]ccc4c3)c2c1. The van der Waals surface area contributed by atoms with Crippen molar-refractivity contribution < 1.29 is 0 Å². The molecule has 0 radical (unpaired) electrons. The molecular weight excluding hydrogens is 407 g/mol. The molecule has 6 heteroatoms. The van der Waals surface area contributed by atoms with E-state index in [2.05, 4.69) is 56.1 Å². The van der Waals surface area contributed by atoms with Gasteiger partial charge in [0.05, 0.1) is 14.1 Å². The number of nitrogens with zero attached hydrogens (tertiary/aromatic N) is 2. The van der Waals surface area contributed by atoms with Crippen LogP contribution in [0, 0.1) is 14.2 Å². The van der Waals surface area contributed by atoms with E-state index in [1.807, 2.05) is 24.4 Å². The van der Waals surface area contributed by atoms with Gasteiger partial charge in [-0.05, 0) is 52.9 Å². The normalized spacial score (nSPS) is 10.9. The third-order valence-corrected chi connectivity index (χ3v) is 5.56. The predicted octanol–water partition coefficient (Wildman–Crippen LogP) is 5.00. The number of anilines is 2. The maximum atomic E-state index is 9.07. The summed E-state index contributed by atoms with van der Waals surface area (Å²) >= 11 is 3.93. The van der Waals surface area contributed by atoms with E-state index in [9.17, 15) is 0 Å². The monoisotopic (exact) mass is 416 g/mol. The van der Waals surface area contributed by atoms with Gasteiger partial charge in [-0.15, -0.1) is 11.3 Å². The Morgan fingerprint density at radius 3 is 3.05 bits per heavy atom. The van der Waals surface area contributed by atoms with Crippen LogP contribution in [0.5, 0.6) is 0 Å². The second kappa shape index (κ2) is 5.26. The highest BCUT2D eigenvalue weighted by atomic mass is 127. The van der Waals surface area contributed by atoms with E-state index in [1.54, 1.807) is 17.5 Å². The molecule has 0 amide bonds. The molecular formula is C16H9IN4S. The van der Waals surface area contributed by atoms with Crippen LogP contribution in [-0.4, -0.2) is 9.97 Å². The first-order valence-corrected chi connectivity index (χ1v) is 8.46. The number of aromatic amines is 1. The summed E-state index contributed by atoms with van der Waals surface area (Å²) in [6.45, 7) is 0. The molecule has 0 aliphatic heterocycles. The van der Waals surface area contributed by atoms with Gasteiger partial charge in [0.2, 0.25) is 0 Å². The van der Waals surface area contributed by atoms with E-state index < -0.39 is 0 Å². The molecule has 0 unspecified atom stereocenters. The van der Waals surface area contributed by atoms with E-state index >= 15 is 0 Å². The minimum atomic E-state index is 0.575. The highest BCUT2D eigenvalue weighted by Gasteiger charge is 2.12. The molecule has 4 rings (SSSR count). The number of thiophene rings is 1. The fourth-order valence-electron chi connectivity index (χ4n) is 2.41. The molecule has 3 heterocycles. The Bertz CT molecular complexity index is 1040. The number of hydrogen-bond acceptors (Lipinski definition) is 4. The number of benzene rings is 1. The summed E-state index contributed by atoms with van der Waals surface area (Å²) in [6.07, 6.45) is 3.55. The first kappa shape index (κ1) is 13.5. The van der Waals surface area contributed by atoms with Crippen LogP contribution in [0.15, 0.2) is 42.7 Å². The Hall–Kier alpha value is -2.11. The van der Waals surface area contributed by atoms with Gasteiger partial charge in [-0.2, -0.15) is 5.26 Å². The van der Waals surface area contributed by atoms with Gasteiger partial charge in [-0.3, -0.25) is 0 Å². The van der Waals surface area contributed by atoms with Crippen molar-refractivity contribution in [2.45, 2.75) is 0 Å². The molecule has 0 saturated carbocycles. The van der Waals surface area contributed by atoms with Crippen LogP contribution in [0.3, 0.4) is 0 Å². The van der Waals surface area contributed by atoms with Crippen molar-refractivity contribution in [3.8, 4) is 6.07 Å². The van der Waals surface area contributed by atoms with E-state index in [1.165, 1.54) is 0 Å². The Morgan fingerprint density at radius 1 is 1.27 bits per heavy atom. The van der Waals surface area contributed by atoms with Crippen molar-refractivity contribution in [1.82, 2.24) is 9.97 Å². The lowest BCUT2D eigenvalue weighted by atomic mass is 10.2. The van der Waals surface area contributed by atoms with Crippen LogP contribution in [0.25, 0.3) is 21.1 Å². The number of pyridine rings is 1. The zero-order valence-electron chi connectivity index (χ0n) is 11.2. The number of H-pyrrole nitrogens is 1. The third-order valence-electron chi connectivity index (χ3n) is 3.46. The molecule has 4 nitrogen and oxygen atoms in total. The van der Waals surface area contributed by atoms with E-state index in [-0.39, 0.29) is 0 Å². The lowest BCUT2D eigenvalue weighted by Gasteiger charge is -2.06. The summed E-state index contributed by atoms with van der Waals surface area (Å²) in [7, 11) is 0. The standard InChI is InChI=1S/C16H9IN4S/c17-15-14(12-5-9(7-18)8-20-16(12)22-15)21-11-1-2-13-10(6-11)3-4-19-13/h1-6,8,19,21H. The molecule has 0 bridgehead atoms. The summed E-state index contributed by atoms with van der Waals surface area (Å²) in [5.41, 5.74) is 3.72. The number of rotatable bonds is 2. The van der Waals surface area contributed by atoms with Crippen molar-refractivity contribution in [3.63, 3.8) is 0 Å². The minimum absolute atomic E-state index is 0.575. The van der Waals surface area contributed by atoms with Gasteiger partial charge in [0.25, 0.3) is 0 Å². The van der Waals surface area contributed by atoms with E-state index in [0.29, 0.717) is 5.56 Å². The van der Waals surface area contributed by atoms with Gasteiger partial charge in [0, 0.05) is 34.4 Å². The van der Waals surface area contributed by atoms with Crippen molar-refractivity contribution in [2.24, 2.45) is 0 Å². The average Bonchev–Trinajstić information content (AvgIpc) is 3.11. The summed E-state index contributed by atoms with van der Waals surface area (Å²) in [6, 6.07) is 12.3. The van der Waals surface area contributed by atoms with Crippen LogP contribution in [-0.2, 0) is 0 Å². The van der Waals surface area contributed by atoms with Crippen molar-refractivity contribution in [3.05, 3.63) is 51.2 Å². The van der Waals surface area contributed by atoms with Crippen molar-refractivity contribution in [2.75, 3.05) is 5.32 Å². The Labute approximate surface area is 143 Å². The Balaban J connectivity index is 1.82. The first-order chi connectivity index (χ1) is 10.7.